The Labute approximate surface area is 351 Å². The number of rotatable bonds is 5. The van der Waals surface area contributed by atoms with Gasteiger partial charge >= 0.3 is 0 Å². The van der Waals surface area contributed by atoms with Gasteiger partial charge in [0.05, 0.1) is 16.7 Å². The van der Waals surface area contributed by atoms with Gasteiger partial charge in [-0.25, -0.2) is 0 Å². The number of hydrogen-bond acceptors (Lipinski definition) is 1. The zero-order chi connectivity index (χ0) is 40.3. The zero-order valence-electron chi connectivity index (χ0n) is 34.4. The van der Waals surface area contributed by atoms with Gasteiger partial charge in [0.15, 0.2) is 0 Å². The number of aromatic nitrogens is 1. The van der Waals surface area contributed by atoms with Crippen molar-refractivity contribution >= 4 is 49.6 Å². The van der Waals surface area contributed by atoms with E-state index in [1.165, 1.54) is 93.9 Å². The van der Waals surface area contributed by atoms with Crippen LogP contribution in [0.4, 0.5) is 17.1 Å². The van der Waals surface area contributed by atoms with E-state index in [2.05, 4.69) is 231 Å². The van der Waals surface area contributed by atoms with Crippen LogP contribution in [0, 0.1) is 0 Å². The molecule has 2 aliphatic rings. The highest BCUT2D eigenvalue weighted by Gasteiger charge is 2.38. The van der Waals surface area contributed by atoms with Crippen LogP contribution in [0.3, 0.4) is 0 Å². The predicted octanol–water partition coefficient (Wildman–Crippen LogP) is 15.7. The smallest absolute Gasteiger partial charge is 0.0541 e. The lowest BCUT2D eigenvalue weighted by Gasteiger charge is -2.31. The third-order valence-corrected chi connectivity index (χ3v) is 13.8. The molecule has 60 heavy (non-hydrogen) atoms. The number of hydrogen-bond donors (Lipinski definition) is 0. The van der Waals surface area contributed by atoms with Gasteiger partial charge in [-0.05, 0) is 122 Å². The molecule has 0 fully saturated rings. The standard InChI is InChI=1S/C58H44N2/c1-57(2)50-23-13-10-19-43(50)45-29-27-39(35-52(45)57)59(40-28-30-46-44-20-11-14-24-51(44)58(3,4)53(46)36-40)55-33-31-41(42-18-8-9-21-47(42)55)37-26-32-56-49(34-37)48-22-12-15-25-54(48)60(56)38-16-6-5-7-17-38/h5-36H,1-4H3. The third kappa shape index (κ3) is 4.88. The van der Waals surface area contributed by atoms with Gasteiger partial charge in [0.1, 0.15) is 0 Å². The molecule has 1 aromatic heterocycles. The van der Waals surface area contributed by atoms with Crippen LogP contribution in [0.25, 0.3) is 71.6 Å². The van der Waals surface area contributed by atoms with Crippen molar-refractivity contribution in [3.05, 3.63) is 216 Å². The molecule has 0 saturated carbocycles. The van der Waals surface area contributed by atoms with Crippen molar-refractivity contribution in [2.45, 2.75) is 38.5 Å². The lowest BCUT2D eigenvalue weighted by atomic mass is 9.82. The maximum Gasteiger partial charge on any atom is 0.0541 e. The number of anilines is 3. The van der Waals surface area contributed by atoms with Crippen LogP contribution in [0.1, 0.15) is 49.9 Å². The number of fused-ring (bicyclic) bond motifs is 10. The highest BCUT2D eigenvalue weighted by molar-refractivity contribution is 6.12. The van der Waals surface area contributed by atoms with E-state index in [0.717, 1.165) is 17.1 Å². The van der Waals surface area contributed by atoms with Gasteiger partial charge in [-0.3, -0.25) is 0 Å². The molecule has 0 radical (unpaired) electrons. The summed E-state index contributed by atoms with van der Waals surface area (Å²) in [6.45, 7) is 9.50. The lowest BCUT2D eigenvalue weighted by molar-refractivity contribution is 0.660. The highest BCUT2D eigenvalue weighted by Crippen LogP contribution is 2.54. The van der Waals surface area contributed by atoms with Gasteiger partial charge in [-0.15, -0.1) is 0 Å². The van der Waals surface area contributed by atoms with Gasteiger partial charge in [-0.2, -0.15) is 0 Å². The van der Waals surface area contributed by atoms with Crippen molar-refractivity contribution in [2.24, 2.45) is 0 Å². The van der Waals surface area contributed by atoms with Crippen molar-refractivity contribution in [1.82, 2.24) is 4.57 Å². The van der Waals surface area contributed by atoms with E-state index in [-0.39, 0.29) is 10.8 Å². The fraction of sp³-hybridized carbons (Fsp3) is 0.103. The second-order valence-electron chi connectivity index (χ2n) is 17.7. The van der Waals surface area contributed by atoms with E-state index in [1.807, 2.05) is 0 Å². The van der Waals surface area contributed by atoms with Gasteiger partial charge in [0, 0.05) is 44.1 Å². The molecule has 1 heterocycles. The Balaban J connectivity index is 1.07. The molecule has 0 spiro atoms. The molecule has 10 aromatic rings. The molecule has 0 bridgehead atoms. The lowest BCUT2D eigenvalue weighted by Crippen LogP contribution is -2.18. The quantitative estimate of drug-likeness (QED) is 0.169. The fourth-order valence-electron chi connectivity index (χ4n) is 10.8. The molecular weight excluding hydrogens is 725 g/mol. The largest absolute Gasteiger partial charge is 0.310 e. The van der Waals surface area contributed by atoms with Gasteiger partial charge < -0.3 is 9.47 Å². The van der Waals surface area contributed by atoms with E-state index in [1.54, 1.807) is 0 Å². The predicted molar refractivity (Wildman–Crippen MR) is 254 cm³/mol. The molecule has 0 aliphatic heterocycles. The molecule has 9 aromatic carbocycles. The molecule has 0 atom stereocenters. The second-order valence-corrected chi connectivity index (χ2v) is 17.7. The van der Waals surface area contributed by atoms with Crippen molar-refractivity contribution in [3.63, 3.8) is 0 Å². The van der Waals surface area contributed by atoms with E-state index in [4.69, 9.17) is 0 Å². The maximum absolute atomic E-state index is 2.52. The minimum absolute atomic E-state index is 0.122. The van der Waals surface area contributed by atoms with Crippen molar-refractivity contribution < 1.29 is 0 Å². The number of benzene rings is 9. The Kier molecular flexibility index (Phi) is 7.36. The zero-order valence-corrected chi connectivity index (χ0v) is 34.4. The van der Waals surface area contributed by atoms with Crippen molar-refractivity contribution in [1.29, 1.82) is 0 Å². The molecule has 0 saturated heterocycles. The Morgan fingerprint density at radius 3 is 1.50 bits per heavy atom. The first-order chi connectivity index (χ1) is 29.3. The summed E-state index contributed by atoms with van der Waals surface area (Å²) in [7, 11) is 0. The van der Waals surface area contributed by atoms with Crippen LogP contribution < -0.4 is 4.90 Å². The Morgan fingerprint density at radius 2 is 0.850 bits per heavy atom. The van der Waals surface area contributed by atoms with Gasteiger partial charge in [-0.1, -0.05) is 161 Å². The molecule has 2 aliphatic carbocycles. The summed E-state index contributed by atoms with van der Waals surface area (Å²) in [4.78, 5) is 2.52. The Hall–Kier alpha value is -7.16. The normalized spacial score (nSPS) is 14.3. The van der Waals surface area contributed by atoms with Crippen molar-refractivity contribution in [3.8, 4) is 39.1 Å². The first-order valence-corrected chi connectivity index (χ1v) is 21.2. The van der Waals surface area contributed by atoms with Crippen LogP contribution in [-0.4, -0.2) is 4.57 Å². The summed E-state index contributed by atoms with van der Waals surface area (Å²) in [5.74, 6) is 0. The monoisotopic (exact) mass is 768 g/mol. The van der Waals surface area contributed by atoms with Crippen LogP contribution in [-0.2, 0) is 10.8 Å². The summed E-state index contributed by atoms with van der Waals surface area (Å²) < 4.78 is 2.39. The minimum atomic E-state index is -0.122. The van der Waals surface area contributed by atoms with Gasteiger partial charge in [0.2, 0.25) is 0 Å². The highest BCUT2D eigenvalue weighted by atomic mass is 15.1. The van der Waals surface area contributed by atoms with Crippen molar-refractivity contribution in [2.75, 3.05) is 4.90 Å². The molecular formula is C58H44N2. The Morgan fingerprint density at radius 1 is 0.350 bits per heavy atom. The van der Waals surface area contributed by atoms with Crippen LogP contribution in [0.2, 0.25) is 0 Å². The summed E-state index contributed by atoms with van der Waals surface area (Å²) in [6, 6.07) is 72.4. The molecule has 0 unspecified atom stereocenters. The van der Waals surface area contributed by atoms with E-state index in [0.29, 0.717) is 0 Å². The van der Waals surface area contributed by atoms with Crippen LogP contribution >= 0.6 is 0 Å². The van der Waals surface area contributed by atoms with Crippen LogP contribution in [0.5, 0.6) is 0 Å². The molecule has 0 amide bonds. The molecule has 2 heteroatoms. The minimum Gasteiger partial charge on any atom is -0.310 e. The fourth-order valence-corrected chi connectivity index (χ4v) is 10.8. The second kappa shape index (κ2) is 12.7. The summed E-state index contributed by atoms with van der Waals surface area (Å²) in [5, 5.41) is 4.96. The van der Waals surface area contributed by atoms with Gasteiger partial charge in [0.25, 0.3) is 0 Å². The first kappa shape index (κ1) is 34.8. The topological polar surface area (TPSA) is 8.17 Å². The summed E-state index contributed by atoms with van der Waals surface area (Å²) in [5.41, 5.74) is 20.1. The number of nitrogens with zero attached hydrogens (tertiary/aromatic N) is 2. The summed E-state index contributed by atoms with van der Waals surface area (Å²) in [6.07, 6.45) is 0. The third-order valence-electron chi connectivity index (χ3n) is 13.8. The molecule has 286 valence electrons. The average Bonchev–Trinajstić information content (AvgIpc) is 3.83. The number of para-hydroxylation sites is 2. The van der Waals surface area contributed by atoms with E-state index < -0.39 is 0 Å². The SMILES string of the molecule is CC1(C)c2ccccc2-c2ccc(N(c3ccc4c(c3)C(C)(C)c3ccccc3-4)c3ccc(-c4ccc5c(c4)c4ccccc4n5-c4ccccc4)c4ccccc34)cc21. The van der Waals surface area contributed by atoms with E-state index in [9.17, 15) is 0 Å². The maximum atomic E-state index is 2.52. The first-order valence-electron chi connectivity index (χ1n) is 21.2. The van der Waals surface area contributed by atoms with E-state index >= 15 is 0 Å². The summed E-state index contributed by atoms with van der Waals surface area (Å²) >= 11 is 0. The average molecular weight is 769 g/mol. The molecule has 2 nitrogen and oxygen atoms in total. The molecule has 12 rings (SSSR count). The van der Waals surface area contributed by atoms with Crippen LogP contribution in [0.15, 0.2) is 194 Å². The molecule has 0 N–H and O–H groups in total. The Bertz CT molecular complexity index is 3270.